The number of carbonyl (C=O) groups excluding carboxylic acids is 1. The fourth-order valence-corrected chi connectivity index (χ4v) is 3.89. The van der Waals surface area contributed by atoms with E-state index >= 15 is 0 Å². The predicted molar refractivity (Wildman–Crippen MR) is 114 cm³/mol. The largest absolute Gasteiger partial charge is 0.368 e. The monoisotopic (exact) mass is 371 g/mol. The molecule has 1 atom stereocenters. The van der Waals surface area contributed by atoms with E-state index in [1.165, 1.54) is 5.69 Å². The number of nitrogens with zero attached hydrogens (tertiary/aromatic N) is 3. The number of hydrogen-bond donors (Lipinski definition) is 0. The molecule has 0 saturated carbocycles. The van der Waals surface area contributed by atoms with Crippen LogP contribution in [0.25, 0.3) is 11.1 Å². The molecule has 0 unspecified atom stereocenters. The number of rotatable bonds is 3. The molecule has 3 aromatic rings. The molecular weight excluding hydrogens is 346 g/mol. The van der Waals surface area contributed by atoms with Crippen molar-refractivity contribution in [2.75, 3.05) is 24.5 Å². The summed E-state index contributed by atoms with van der Waals surface area (Å²) in [7, 11) is 0. The number of amides is 1. The zero-order valence-corrected chi connectivity index (χ0v) is 16.4. The van der Waals surface area contributed by atoms with Crippen molar-refractivity contribution in [3.8, 4) is 11.1 Å². The van der Waals surface area contributed by atoms with Crippen LogP contribution in [0.5, 0.6) is 0 Å². The molecule has 0 bridgehead atoms. The zero-order chi connectivity index (χ0) is 19.5. The van der Waals surface area contributed by atoms with E-state index < -0.39 is 0 Å². The standard InChI is InChI=1S/C24H25N3O/c1-18-16-25-13-12-23(18)20-8-10-21(11-9-20)24(28)27-15-14-26(17-19(27)2)22-6-4-3-5-7-22/h3-13,16,19H,14-15,17H2,1-2H3/t19-/m1/s1. The number of pyridine rings is 1. The van der Waals surface area contributed by atoms with Gasteiger partial charge in [0.2, 0.25) is 0 Å². The van der Waals surface area contributed by atoms with E-state index in [2.05, 4.69) is 48.0 Å². The molecule has 2 heterocycles. The second-order valence-corrected chi connectivity index (χ2v) is 7.40. The molecule has 142 valence electrons. The number of benzene rings is 2. The Hall–Kier alpha value is -3.14. The molecule has 0 spiro atoms. The molecule has 1 amide bonds. The topological polar surface area (TPSA) is 36.4 Å². The Bertz CT molecular complexity index is 953. The molecular formula is C24H25N3O. The van der Waals surface area contributed by atoms with Crippen LogP contribution in [0.4, 0.5) is 5.69 Å². The van der Waals surface area contributed by atoms with Crippen LogP contribution < -0.4 is 4.90 Å². The van der Waals surface area contributed by atoms with Gasteiger partial charge in [0.05, 0.1) is 0 Å². The van der Waals surface area contributed by atoms with Crippen LogP contribution in [-0.2, 0) is 0 Å². The van der Waals surface area contributed by atoms with Gasteiger partial charge in [-0.2, -0.15) is 0 Å². The van der Waals surface area contributed by atoms with E-state index in [0.717, 1.165) is 41.9 Å². The van der Waals surface area contributed by atoms with Crippen LogP contribution >= 0.6 is 0 Å². The molecule has 4 rings (SSSR count). The summed E-state index contributed by atoms with van der Waals surface area (Å²) >= 11 is 0. The highest BCUT2D eigenvalue weighted by molar-refractivity contribution is 5.95. The third-order valence-electron chi connectivity index (χ3n) is 5.47. The minimum Gasteiger partial charge on any atom is -0.368 e. The van der Waals surface area contributed by atoms with Crippen molar-refractivity contribution in [2.45, 2.75) is 19.9 Å². The molecule has 28 heavy (non-hydrogen) atoms. The van der Waals surface area contributed by atoms with Gasteiger partial charge in [0.15, 0.2) is 0 Å². The molecule has 0 aliphatic carbocycles. The molecule has 1 aliphatic heterocycles. The van der Waals surface area contributed by atoms with Crippen molar-refractivity contribution < 1.29 is 4.79 Å². The Kier molecular flexibility index (Phi) is 5.11. The third-order valence-corrected chi connectivity index (χ3v) is 5.47. The van der Waals surface area contributed by atoms with Gasteiger partial charge in [0.25, 0.3) is 5.91 Å². The molecule has 4 heteroatoms. The Balaban J connectivity index is 1.47. The summed E-state index contributed by atoms with van der Waals surface area (Å²) in [4.78, 5) is 21.6. The Labute approximate surface area is 166 Å². The summed E-state index contributed by atoms with van der Waals surface area (Å²) in [5.41, 5.74) is 5.36. The van der Waals surface area contributed by atoms with Crippen molar-refractivity contribution in [1.82, 2.24) is 9.88 Å². The average Bonchev–Trinajstić information content (AvgIpc) is 2.74. The molecule has 0 N–H and O–H groups in total. The summed E-state index contributed by atoms with van der Waals surface area (Å²) in [5, 5.41) is 0. The fraction of sp³-hybridized carbons (Fsp3) is 0.250. The minimum absolute atomic E-state index is 0.109. The van der Waals surface area contributed by atoms with E-state index in [0.29, 0.717) is 0 Å². The molecule has 0 radical (unpaired) electrons. The Morgan fingerprint density at radius 2 is 1.75 bits per heavy atom. The lowest BCUT2D eigenvalue weighted by Gasteiger charge is -2.41. The van der Waals surface area contributed by atoms with Gasteiger partial charge in [-0.15, -0.1) is 0 Å². The summed E-state index contributed by atoms with van der Waals surface area (Å²) in [6.45, 7) is 6.62. The van der Waals surface area contributed by atoms with E-state index in [9.17, 15) is 4.79 Å². The lowest BCUT2D eigenvalue weighted by Crippen LogP contribution is -2.54. The molecule has 1 aliphatic rings. The third kappa shape index (κ3) is 3.63. The lowest BCUT2D eigenvalue weighted by molar-refractivity contribution is 0.0674. The first-order valence-corrected chi connectivity index (χ1v) is 9.75. The first-order valence-electron chi connectivity index (χ1n) is 9.75. The average molecular weight is 371 g/mol. The summed E-state index contributed by atoms with van der Waals surface area (Å²) in [6.07, 6.45) is 3.66. The number of anilines is 1. The van der Waals surface area contributed by atoms with Crippen LogP contribution in [0.3, 0.4) is 0 Å². The highest BCUT2D eigenvalue weighted by Crippen LogP contribution is 2.24. The highest BCUT2D eigenvalue weighted by atomic mass is 16.2. The summed E-state index contributed by atoms with van der Waals surface area (Å²) < 4.78 is 0. The summed E-state index contributed by atoms with van der Waals surface area (Å²) in [6, 6.07) is 20.5. The fourth-order valence-electron chi connectivity index (χ4n) is 3.89. The van der Waals surface area contributed by atoms with E-state index in [1.54, 1.807) is 6.20 Å². The van der Waals surface area contributed by atoms with Crippen LogP contribution in [-0.4, -0.2) is 41.5 Å². The van der Waals surface area contributed by atoms with Crippen LogP contribution in [0, 0.1) is 6.92 Å². The summed E-state index contributed by atoms with van der Waals surface area (Å²) in [5.74, 6) is 0.109. The van der Waals surface area contributed by atoms with Crippen LogP contribution in [0.2, 0.25) is 0 Å². The van der Waals surface area contributed by atoms with Crippen molar-refractivity contribution in [2.24, 2.45) is 0 Å². The number of piperazine rings is 1. The van der Waals surface area contributed by atoms with Crippen molar-refractivity contribution in [1.29, 1.82) is 0 Å². The number of aromatic nitrogens is 1. The maximum absolute atomic E-state index is 13.1. The van der Waals surface area contributed by atoms with E-state index in [4.69, 9.17) is 0 Å². The highest BCUT2D eigenvalue weighted by Gasteiger charge is 2.28. The Morgan fingerprint density at radius 1 is 1.00 bits per heavy atom. The predicted octanol–water partition coefficient (Wildman–Crippen LogP) is 4.41. The number of hydrogen-bond acceptors (Lipinski definition) is 3. The van der Waals surface area contributed by atoms with Gasteiger partial charge in [-0.25, -0.2) is 0 Å². The quantitative estimate of drug-likeness (QED) is 0.684. The van der Waals surface area contributed by atoms with Crippen molar-refractivity contribution >= 4 is 11.6 Å². The van der Waals surface area contributed by atoms with E-state index in [-0.39, 0.29) is 11.9 Å². The normalized spacial score (nSPS) is 16.9. The van der Waals surface area contributed by atoms with Gasteiger partial charge < -0.3 is 9.80 Å². The van der Waals surface area contributed by atoms with Gasteiger partial charge in [0, 0.05) is 49.3 Å². The lowest BCUT2D eigenvalue weighted by atomic mass is 10.0. The Morgan fingerprint density at radius 3 is 2.43 bits per heavy atom. The SMILES string of the molecule is Cc1cnccc1-c1ccc(C(=O)N2CCN(c3ccccc3)C[C@H]2C)cc1. The second kappa shape index (κ2) is 7.85. The second-order valence-electron chi connectivity index (χ2n) is 7.40. The van der Waals surface area contributed by atoms with Crippen LogP contribution in [0.15, 0.2) is 73.1 Å². The molecule has 1 aromatic heterocycles. The van der Waals surface area contributed by atoms with Gasteiger partial charge in [0.1, 0.15) is 0 Å². The molecule has 1 saturated heterocycles. The minimum atomic E-state index is 0.109. The maximum Gasteiger partial charge on any atom is 0.254 e. The van der Waals surface area contributed by atoms with Crippen molar-refractivity contribution in [3.05, 3.63) is 84.2 Å². The number of para-hydroxylation sites is 1. The smallest absolute Gasteiger partial charge is 0.254 e. The van der Waals surface area contributed by atoms with Gasteiger partial charge in [-0.3, -0.25) is 9.78 Å². The van der Waals surface area contributed by atoms with Gasteiger partial charge >= 0.3 is 0 Å². The van der Waals surface area contributed by atoms with Crippen LogP contribution in [0.1, 0.15) is 22.8 Å². The maximum atomic E-state index is 13.1. The first kappa shape index (κ1) is 18.2. The first-order chi connectivity index (χ1) is 13.6. The van der Waals surface area contributed by atoms with Gasteiger partial charge in [-0.1, -0.05) is 30.3 Å². The van der Waals surface area contributed by atoms with Crippen molar-refractivity contribution in [3.63, 3.8) is 0 Å². The molecule has 1 fully saturated rings. The van der Waals surface area contributed by atoms with Gasteiger partial charge in [-0.05, 0) is 60.9 Å². The number of aryl methyl sites for hydroxylation is 1. The zero-order valence-electron chi connectivity index (χ0n) is 16.4. The number of carbonyl (C=O) groups is 1. The molecule has 2 aromatic carbocycles. The van der Waals surface area contributed by atoms with E-state index in [1.807, 2.05) is 47.5 Å². The molecule has 4 nitrogen and oxygen atoms in total.